The Morgan fingerprint density at radius 3 is 2.40 bits per heavy atom. The van der Waals surface area contributed by atoms with Crippen LogP contribution in [0.4, 0.5) is 0 Å². The molecule has 0 aliphatic rings. The van der Waals surface area contributed by atoms with E-state index in [0.717, 1.165) is 22.4 Å². The van der Waals surface area contributed by atoms with Crippen LogP contribution < -0.4 is 19.5 Å². The van der Waals surface area contributed by atoms with E-state index >= 15 is 0 Å². The first-order chi connectivity index (χ1) is 12.1. The first-order valence-corrected chi connectivity index (χ1v) is 7.93. The van der Waals surface area contributed by atoms with Gasteiger partial charge in [0.1, 0.15) is 5.75 Å². The summed E-state index contributed by atoms with van der Waals surface area (Å²) in [6.07, 6.45) is 1.93. The minimum atomic E-state index is -0.185. The van der Waals surface area contributed by atoms with Crippen LogP contribution in [0.1, 0.15) is 5.56 Å². The van der Waals surface area contributed by atoms with Crippen LogP contribution in [0, 0.1) is 0 Å². The Morgan fingerprint density at radius 1 is 1.04 bits per heavy atom. The van der Waals surface area contributed by atoms with E-state index < -0.39 is 0 Å². The predicted molar refractivity (Wildman–Crippen MR) is 98.4 cm³/mol. The van der Waals surface area contributed by atoms with Crippen molar-refractivity contribution in [3.8, 4) is 28.4 Å². The normalized spacial score (nSPS) is 10.0. The number of benzene rings is 2. The van der Waals surface area contributed by atoms with Gasteiger partial charge in [-0.25, -0.2) is 0 Å². The lowest BCUT2D eigenvalue weighted by molar-refractivity contribution is -0.116. The summed E-state index contributed by atoms with van der Waals surface area (Å²) in [7, 11) is 4.85. The second kappa shape index (κ2) is 8.78. The maximum absolute atomic E-state index is 11.3. The van der Waals surface area contributed by atoms with Crippen LogP contribution in [0.25, 0.3) is 11.1 Å². The second-order valence-electron chi connectivity index (χ2n) is 5.31. The summed E-state index contributed by atoms with van der Waals surface area (Å²) in [6, 6.07) is 11.6. The van der Waals surface area contributed by atoms with E-state index in [2.05, 4.69) is 11.9 Å². The maximum Gasteiger partial charge on any atom is 0.243 e. The zero-order chi connectivity index (χ0) is 18.2. The van der Waals surface area contributed by atoms with Crippen LogP contribution in [0.5, 0.6) is 17.2 Å². The number of carbonyl (C=O) groups is 1. The van der Waals surface area contributed by atoms with E-state index in [4.69, 9.17) is 14.2 Å². The van der Waals surface area contributed by atoms with Gasteiger partial charge < -0.3 is 19.5 Å². The number of ether oxygens (including phenoxy) is 3. The molecule has 2 rings (SSSR count). The third kappa shape index (κ3) is 4.32. The number of amides is 1. The average molecular weight is 341 g/mol. The first-order valence-electron chi connectivity index (χ1n) is 7.93. The molecule has 0 heterocycles. The van der Waals surface area contributed by atoms with Crippen molar-refractivity contribution in [1.29, 1.82) is 0 Å². The fraction of sp³-hybridized carbons (Fsp3) is 0.250. The molecule has 1 amide bonds. The van der Waals surface area contributed by atoms with E-state index in [0.29, 0.717) is 24.5 Å². The van der Waals surface area contributed by atoms with Gasteiger partial charge in [-0.05, 0) is 41.8 Å². The summed E-state index contributed by atoms with van der Waals surface area (Å²) in [4.78, 5) is 11.3. The number of hydrogen-bond donors (Lipinski definition) is 1. The number of rotatable bonds is 8. The number of nitrogens with one attached hydrogen (secondary N) is 1. The maximum atomic E-state index is 11.3. The van der Waals surface area contributed by atoms with Crippen molar-refractivity contribution in [1.82, 2.24) is 5.32 Å². The Balaban J connectivity index is 2.41. The van der Waals surface area contributed by atoms with Crippen LogP contribution >= 0.6 is 0 Å². The highest BCUT2D eigenvalue weighted by Gasteiger charge is 2.14. The molecule has 0 unspecified atom stereocenters. The molecule has 0 radical (unpaired) electrons. The van der Waals surface area contributed by atoms with E-state index in [-0.39, 0.29) is 5.91 Å². The van der Waals surface area contributed by atoms with Crippen LogP contribution in [-0.4, -0.2) is 33.8 Å². The molecular weight excluding hydrogens is 318 g/mol. The Labute approximate surface area is 148 Å². The van der Waals surface area contributed by atoms with Gasteiger partial charge in [0.2, 0.25) is 5.91 Å². The van der Waals surface area contributed by atoms with Crippen molar-refractivity contribution in [2.45, 2.75) is 6.42 Å². The molecule has 2 aromatic carbocycles. The first kappa shape index (κ1) is 18.4. The minimum absolute atomic E-state index is 0.185. The lowest BCUT2D eigenvalue weighted by Crippen LogP contribution is -2.23. The SMILES string of the molecule is C=CC(=O)NCCc1cccc(OC)c1-c1ccc(OC)c(OC)c1. The molecule has 0 spiro atoms. The predicted octanol–water partition coefficient (Wildman–Crippen LogP) is 3.22. The Bertz CT molecular complexity index is 755. The lowest BCUT2D eigenvalue weighted by Gasteiger charge is -2.16. The van der Waals surface area contributed by atoms with Gasteiger partial charge >= 0.3 is 0 Å². The molecule has 0 aliphatic carbocycles. The van der Waals surface area contributed by atoms with Gasteiger partial charge in [0.25, 0.3) is 0 Å². The van der Waals surface area contributed by atoms with Crippen molar-refractivity contribution in [2.75, 3.05) is 27.9 Å². The molecule has 0 bridgehead atoms. The van der Waals surface area contributed by atoms with Gasteiger partial charge in [-0.1, -0.05) is 24.8 Å². The van der Waals surface area contributed by atoms with E-state index in [9.17, 15) is 4.79 Å². The molecule has 0 atom stereocenters. The molecular formula is C20H23NO4. The van der Waals surface area contributed by atoms with Gasteiger partial charge in [-0.2, -0.15) is 0 Å². The van der Waals surface area contributed by atoms with E-state index in [1.54, 1.807) is 21.3 Å². The molecule has 5 nitrogen and oxygen atoms in total. The molecule has 5 heteroatoms. The van der Waals surface area contributed by atoms with Crippen molar-refractivity contribution in [3.63, 3.8) is 0 Å². The highest BCUT2D eigenvalue weighted by atomic mass is 16.5. The zero-order valence-corrected chi connectivity index (χ0v) is 14.8. The van der Waals surface area contributed by atoms with Gasteiger partial charge in [0, 0.05) is 12.1 Å². The second-order valence-corrected chi connectivity index (χ2v) is 5.31. The Hall–Kier alpha value is -2.95. The molecule has 0 aromatic heterocycles. The monoisotopic (exact) mass is 341 g/mol. The molecule has 0 saturated heterocycles. The molecule has 2 aromatic rings. The third-order valence-electron chi connectivity index (χ3n) is 3.88. The smallest absolute Gasteiger partial charge is 0.243 e. The lowest BCUT2D eigenvalue weighted by atomic mass is 9.96. The van der Waals surface area contributed by atoms with Gasteiger partial charge in [-0.3, -0.25) is 4.79 Å². The zero-order valence-electron chi connectivity index (χ0n) is 14.8. The summed E-state index contributed by atoms with van der Waals surface area (Å²) >= 11 is 0. The molecule has 25 heavy (non-hydrogen) atoms. The number of carbonyl (C=O) groups excluding carboxylic acids is 1. The largest absolute Gasteiger partial charge is 0.496 e. The number of methoxy groups -OCH3 is 3. The standard InChI is InChI=1S/C20H23NO4/c1-5-19(22)21-12-11-14-7-6-8-17(24-3)20(14)15-9-10-16(23-2)18(13-15)25-4/h5-10,13H,1,11-12H2,2-4H3,(H,21,22). The van der Waals surface area contributed by atoms with Crippen LogP contribution in [-0.2, 0) is 11.2 Å². The summed E-state index contributed by atoms with van der Waals surface area (Å²) in [6.45, 7) is 3.97. The van der Waals surface area contributed by atoms with Crippen molar-refractivity contribution in [3.05, 3.63) is 54.6 Å². The van der Waals surface area contributed by atoms with Gasteiger partial charge in [-0.15, -0.1) is 0 Å². The highest BCUT2D eigenvalue weighted by molar-refractivity contribution is 5.86. The average Bonchev–Trinajstić information content (AvgIpc) is 2.66. The summed E-state index contributed by atoms with van der Waals surface area (Å²) in [5, 5.41) is 2.80. The van der Waals surface area contributed by atoms with Gasteiger partial charge in [0.05, 0.1) is 21.3 Å². The summed E-state index contributed by atoms with van der Waals surface area (Å²) < 4.78 is 16.3. The third-order valence-corrected chi connectivity index (χ3v) is 3.88. The Morgan fingerprint density at radius 2 is 1.76 bits per heavy atom. The van der Waals surface area contributed by atoms with Crippen molar-refractivity contribution in [2.24, 2.45) is 0 Å². The van der Waals surface area contributed by atoms with Crippen molar-refractivity contribution < 1.29 is 19.0 Å². The fourth-order valence-corrected chi connectivity index (χ4v) is 2.67. The minimum Gasteiger partial charge on any atom is -0.496 e. The molecule has 0 saturated carbocycles. The molecule has 0 fully saturated rings. The topological polar surface area (TPSA) is 56.8 Å². The van der Waals surface area contributed by atoms with Crippen molar-refractivity contribution >= 4 is 5.91 Å². The number of hydrogen-bond acceptors (Lipinski definition) is 4. The molecule has 1 N–H and O–H groups in total. The quantitative estimate of drug-likeness (QED) is 0.749. The van der Waals surface area contributed by atoms with Crippen LogP contribution in [0.2, 0.25) is 0 Å². The van der Waals surface area contributed by atoms with E-state index in [1.165, 1.54) is 6.08 Å². The van der Waals surface area contributed by atoms with Crippen LogP contribution in [0.15, 0.2) is 49.1 Å². The highest BCUT2D eigenvalue weighted by Crippen LogP contribution is 2.38. The molecule has 132 valence electrons. The van der Waals surface area contributed by atoms with Crippen LogP contribution in [0.3, 0.4) is 0 Å². The van der Waals surface area contributed by atoms with E-state index in [1.807, 2.05) is 36.4 Å². The fourth-order valence-electron chi connectivity index (χ4n) is 2.67. The van der Waals surface area contributed by atoms with Gasteiger partial charge in [0.15, 0.2) is 11.5 Å². The summed E-state index contributed by atoms with van der Waals surface area (Å²) in [5.74, 6) is 1.90. The Kier molecular flexibility index (Phi) is 6.46. The summed E-state index contributed by atoms with van der Waals surface area (Å²) in [5.41, 5.74) is 3.00. The molecule has 0 aliphatic heterocycles.